The third-order valence-electron chi connectivity index (χ3n) is 7.56. The monoisotopic (exact) mass is 667 g/mol. The molecule has 0 bridgehead atoms. The lowest BCUT2D eigenvalue weighted by Gasteiger charge is -2.47. The van der Waals surface area contributed by atoms with Gasteiger partial charge >= 0.3 is 0 Å². The van der Waals surface area contributed by atoms with Gasteiger partial charge in [0.15, 0.2) is 5.60 Å². The molecule has 0 saturated carbocycles. The number of piperidine rings is 1. The van der Waals surface area contributed by atoms with Gasteiger partial charge in [0.2, 0.25) is 21.8 Å². The molecule has 1 unspecified atom stereocenters. The Hall–Kier alpha value is -3.38. The van der Waals surface area contributed by atoms with E-state index in [0.29, 0.717) is 16.3 Å². The van der Waals surface area contributed by atoms with Gasteiger partial charge in [-0.15, -0.1) is 0 Å². The number of sulfonamides is 1. The van der Waals surface area contributed by atoms with E-state index in [4.69, 9.17) is 39.5 Å². The Morgan fingerprint density at radius 2 is 1.70 bits per heavy atom. The third-order valence-corrected chi connectivity index (χ3v) is 8.93. The van der Waals surface area contributed by atoms with E-state index in [9.17, 15) is 27.2 Å². The quantitative estimate of drug-likeness (QED) is 0.329. The van der Waals surface area contributed by atoms with Crippen molar-refractivity contribution in [2.45, 2.75) is 43.2 Å². The molecule has 3 aromatic carbocycles. The summed E-state index contributed by atoms with van der Waals surface area (Å²) in [5.41, 5.74) is -2.09. The summed E-state index contributed by atoms with van der Waals surface area (Å²) in [6.07, 6.45) is 0.588. The van der Waals surface area contributed by atoms with Crippen molar-refractivity contribution < 1.29 is 31.9 Å². The summed E-state index contributed by atoms with van der Waals surface area (Å²) in [4.78, 5) is 40.5. The molecule has 2 aliphatic rings. The molecule has 1 saturated heterocycles. The zero-order valence-electron chi connectivity index (χ0n) is 22.9. The molecule has 0 aliphatic carbocycles. The highest BCUT2D eigenvalue weighted by Crippen LogP contribution is 2.59. The minimum atomic E-state index is -3.91. The molecule has 3 atom stereocenters. The van der Waals surface area contributed by atoms with Gasteiger partial charge in [-0.3, -0.25) is 14.4 Å². The number of rotatable bonds is 6. The maximum absolute atomic E-state index is 14.6. The van der Waals surface area contributed by atoms with Crippen molar-refractivity contribution in [3.8, 4) is 5.75 Å². The topological polar surface area (TPSA) is 131 Å². The Balaban J connectivity index is 1.76. The fourth-order valence-electron chi connectivity index (χ4n) is 5.75. The number of amides is 3. The van der Waals surface area contributed by atoms with Crippen LogP contribution in [0.2, 0.25) is 15.1 Å². The van der Waals surface area contributed by atoms with Crippen LogP contribution in [-0.4, -0.2) is 38.0 Å². The Morgan fingerprint density at radius 3 is 2.40 bits per heavy atom. The number of anilines is 1. The maximum atomic E-state index is 14.6. The molecule has 9 nitrogen and oxygen atoms in total. The second-order valence-electron chi connectivity index (χ2n) is 10.9. The first-order valence-corrected chi connectivity index (χ1v) is 15.9. The van der Waals surface area contributed by atoms with Crippen molar-refractivity contribution in [3.05, 3.63) is 92.2 Å². The Labute approximate surface area is 262 Å². The largest absolute Gasteiger partial charge is 0.478 e. The van der Waals surface area contributed by atoms with Crippen LogP contribution in [0.4, 0.5) is 10.1 Å². The maximum Gasteiger partial charge on any atom is 0.277 e. The van der Waals surface area contributed by atoms with Crippen LogP contribution in [0.25, 0.3) is 0 Å². The van der Waals surface area contributed by atoms with Gasteiger partial charge in [0.1, 0.15) is 17.0 Å². The highest BCUT2D eigenvalue weighted by molar-refractivity contribution is 7.89. The average Bonchev–Trinajstić information content (AvgIpc) is 3.17. The van der Waals surface area contributed by atoms with Crippen molar-refractivity contribution in [3.63, 3.8) is 0 Å². The molecule has 1 spiro atoms. The summed E-state index contributed by atoms with van der Waals surface area (Å²) in [6, 6.07) is 11.8. The number of halogens is 4. The molecule has 226 valence electrons. The summed E-state index contributed by atoms with van der Waals surface area (Å²) in [7, 11) is -3.91. The van der Waals surface area contributed by atoms with Crippen LogP contribution in [-0.2, 0) is 29.8 Å². The molecular formula is C29H25Cl3FN3O6S. The van der Waals surface area contributed by atoms with Gasteiger partial charge < -0.3 is 15.4 Å². The molecule has 1 fully saturated rings. The van der Waals surface area contributed by atoms with Gasteiger partial charge in [-0.1, -0.05) is 40.9 Å². The second kappa shape index (κ2) is 11.0. The first kappa shape index (κ1) is 31.1. The zero-order valence-corrected chi connectivity index (χ0v) is 26.0. The number of carbonyl (C=O) groups is 3. The summed E-state index contributed by atoms with van der Waals surface area (Å²) < 4.78 is 46.2. The zero-order chi connectivity index (χ0) is 31.5. The van der Waals surface area contributed by atoms with Crippen molar-refractivity contribution in [1.29, 1.82) is 0 Å². The SMILES string of the molecule is CC(C)(Oc1ccc(Cl)cc1[C@H]1CC(=O)N[C@@H](c2cc(F)ccc2Cl)C12C(=O)Nc1cc(Cl)ccc12)C(=O)NS(C)(=O)=O. The summed E-state index contributed by atoms with van der Waals surface area (Å²) in [5, 5.41) is 6.41. The molecule has 5 rings (SSSR count). The highest BCUT2D eigenvalue weighted by atomic mass is 35.5. The van der Waals surface area contributed by atoms with E-state index in [1.54, 1.807) is 18.2 Å². The van der Waals surface area contributed by atoms with Crippen molar-refractivity contribution in [1.82, 2.24) is 10.0 Å². The van der Waals surface area contributed by atoms with Crippen molar-refractivity contribution >= 4 is 68.2 Å². The van der Waals surface area contributed by atoms with Crippen LogP contribution in [0.3, 0.4) is 0 Å². The number of ether oxygens (including phenoxy) is 1. The Kier molecular flexibility index (Phi) is 7.92. The minimum Gasteiger partial charge on any atom is -0.478 e. The van der Waals surface area contributed by atoms with Crippen LogP contribution >= 0.6 is 34.8 Å². The first-order valence-electron chi connectivity index (χ1n) is 12.9. The summed E-state index contributed by atoms with van der Waals surface area (Å²) >= 11 is 19.3. The van der Waals surface area contributed by atoms with Crippen LogP contribution in [0.5, 0.6) is 5.75 Å². The number of hydrogen-bond donors (Lipinski definition) is 3. The first-order chi connectivity index (χ1) is 20.0. The molecule has 2 aliphatic heterocycles. The predicted octanol–water partition coefficient (Wildman–Crippen LogP) is 5.25. The molecule has 43 heavy (non-hydrogen) atoms. The van der Waals surface area contributed by atoms with Gasteiger partial charge in [-0.2, -0.15) is 0 Å². The summed E-state index contributed by atoms with van der Waals surface area (Å²) in [5.74, 6) is -3.52. The Morgan fingerprint density at radius 1 is 1.02 bits per heavy atom. The van der Waals surface area contributed by atoms with Crippen LogP contribution in [0.1, 0.15) is 48.9 Å². The van der Waals surface area contributed by atoms with Gasteiger partial charge in [0.25, 0.3) is 5.91 Å². The molecule has 14 heteroatoms. The lowest BCUT2D eigenvalue weighted by Crippen LogP contribution is -2.57. The minimum absolute atomic E-state index is 0.0661. The molecule has 2 heterocycles. The van der Waals surface area contributed by atoms with Gasteiger partial charge in [0, 0.05) is 38.7 Å². The van der Waals surface area contributed by atoms with Gasteiger partial charge in [0.05, 0.1) is 12.3 Å². The number of fused-ring (bicyclic) bond motifs is 2. The van der Waals surface area contributed by atoms with Crippen molar-refractivity contribution in [2.24, 2.45) is 0 Å². The summed E-state index contributed by atoms with van der Waals surface area (Å²) in [6.45, 7) is 2.73. The second-order valence-corrected chi connectivity index (χ2v) is 14.0. The predicted molar refractivity (Wildman–Crippen MR) is 161 cm³/mol. The normalized spacial score (nSPS) is 21.7. The number of hydrogen-bond acceptors (Lipinski definition) is 6. The van der Waals surface area contributed by atoms with E-state index in [0.717, 1.165) is 18.4 Å². The fraction of sp³-hybridized carbons (Fsp3) is 0.276. The molecule has 0 radical (unpaired) electrons. The van der Waals surface area contributed by atoms with Gasteiger partial charge in [-0.25, -0.2) is 17.5 Å². The van der Waals surface area contributed by atoms with Crippen LogP contribution < -0.4 is 20.1 Å². The molecular weight excluding hydrogens is 644 g/mol. The third kappa shape index (κ3) is 5.66. The fourth-order valence-corrected chi connectivity index (χ4v) is 6.92. The Bertz CT molecular complexity index is 1800. The molecule has 3 N–H and O–H groups in total. The molecule has 3 aromatic rings. The van der Waals surface area contributed by atoms with E-state index in [-0.39, 0.29) is 33.3 Å². The standard InChI is InChI=1S/C29H25Cl3FN3O6S/c1-28(2,26(38)36-43(3,40)41)42-23-9-5-14(30)10-17(23)20-13-24(37)35-25(18-12-16(33)6-8-21(18)32)29(20)19-7-4-15(31)11-22(19)34-27(29)39/h4-12,20,25H,13H2,1-3H3,(H,34,39)(H,35,37)(H,36,38)/t20-,25+,29?/m1/s1. The van der Waals surface area contributed by atoms with E-state index in [2.05, 4.69) is 10.6 Å². The van der Waals surface area contributed by atoms with Gasteiger partial charge in [-0.05, 0) is 73.5 Å². The highest BCUT2D eigenvalue weighted by Gasteiger charge is 2.62. The number of nitrogens with one attached hydrogen (secondary N) is 3. The molecule has 3 amide bonds. The van der Waals surface area contributed by atoms with E-state index < -0.39 is 56.5 Å². The lowest BCUT2D eigenvalue weighted by atomic mass is 9.59. The molecule has 0 aromatic heterocycles. The lowest BCUT2D eigenvalue weighted by molar-refractivity contribution is -0.133. The van der Waals surface area contributed by atoms with E-state index in [1.165, 1.54) is 38.1 Å². The van der Waals surface area contributed by atoms with Crippen LogP contribution in [0.15, 0.2) is 54.6 Å². The van der Waals surface area contributed by atoms with E-state index >= 15 is 0 Å². The van der Waals surface area contributed by atoms with Crippen LogP contribution in [0, 0.1) is 5.82 Å². The number of carbonyl (C=O) groups excluding carboxylic acids is 3. The van der Waals surface area contributed by atoms with E-state index in [1.807, 2.05) is 4.72 Å². The number of benzene rings is 3. The smallest absolute Gasteiger partial charge is 0.277 e. The van der Waals surface area contributed by atoms with Crippen molar-refractivity contribution in [2.75, 3.05) is 11.6 Å². The average molecular weight is 669 g/mol.